The summed E-state index contributed by atoms with van der Waals surface area (Å²) in [5, 5.41) is 42.1. The number of fused-ring (bicyclic) bond motifs is 2. The minimum Gasteiger partial charge on any atom is -0.506 e. The van der Waals surface area contributed by atoms with Crippen LogP contribution >= 0.6 is 21.2 Å². The molecule has 4 N–H and O–H groups in total. The van der Waals surface area contributed by atoms with Crippen molar-refractivity contribution in [1.82, 2.24) is 0 Å². The van der Waals surface area contributed by atoms with Gasteiger partial charge in [-0.25, -0.2) is 4.79 Å². The van der Waals surface area contributed by atoms with Crippen LogP contribution in [0.2, 0.25) is 0 Å². The number of benzene rings is 1. The normalized spacial score (nSPS) is 29.4. The van der Waals surface area contributed by atoms with E-state index in [9.17, 15) is 33.1 Å². The predicted octanol–water partition coefficient (Wildman–Crippen LogP) is 6.87. The number of carbonyl (C=O) groups is 2. The number of alkyl halides is 1. The van der Waals surface area contributed by atoms with Gasteiger partial charge in [0.2, 0.25) is 0 Å². The molecule has 3 aliphatic heterocycles. The lowest BCUT2D eigenvalue weighted by molar-refractivity contribution is -0.205. The van der Waals surface area contributed by atoms with Crippen molar-refractivity contribution < 1.29 is 47.3 Å². The molecule has 1 aromatic rings. The lowest BCUT2D eigenvalue weighted by atomic mass is 9.67. The van der Waals surface area contributed by atoms with Gasteiger partial charge in [-0.1, -0.05) is 23.8 Å². The van der Waals surface area contributed by atoms with Gasteiger partial charge >= 0.3 is 5.97 Å². The van der Waals surface area contributed by atoms with Crippen molar-refractivity contribution in [1.29, 1.82) is 0 Å². The van der Waals surface area contributed by atoms with Crippen molar-refractivity contribution in [3.8, 4) is 17.2 Å². The van der Waals surface area contributed by atoms with Gasteiger partial charge in [0.1, 0.15) is 34.0 Å². The standard InChI is InChI=1S/C37H47IO10/c1-20(2)9-10-23-30-22(14-16-35(8,46-30)17-15-26(39)33(4,5)44)28(40)27-29(41)24-11-12-25-34(6,7)48-36(38-45,18-13-21(3)32(42)43)19-37(24,25)47-31(23)27/h9,11,13-14,16,25-26,39-40,44H,10,12,15,17-19H2,1-8H3,(H,42,43)/b21-13-/t25?,26?,35-,36-,37-/m1/s1. The topological polar surface area (TPSA) is 160 Å². The van der Waals surface area contributed by atoms with E-state index in [4.69, 9.17) is 14.2 Å². The molecule has 4 aliphatic rings. The molecule has 11 heteroatoms. The zero-order chi connectivity index (χ0) is 35.6. The monoisotopic (exact) mass is 778 g/mol. The van der Waals surface area contributed by atoms with Crippen LogP contribution in [0.15, 0.2) is 41.0 Å². The van der Waals surface area contributed by atoms with Crippen LogP contribution in [0, 0.1) is 5.92 Å². The number of hydrogen-bond donors (Lipinski definition) is 4. The third kappa shape index (κ3) is 6.31. The number of hydrogen-bond acceptors (Lipinski definition) is 9. The number of carbonyl (C=O) groups excluding carboxylic acids is 1. The summed E-state index contributed by atoms with van der Waals surface area (Å²) in [5.74, 6) is -1.48. The van der Waals surface area contributed by atoms with Crippen LogP contribution in [0.4, 0.5) is 0 Å². The Morgan fingerprint density at radius 1 is 1.15 bits per heavy atom. The fourth-order valence-corrected chi connectivity index (χ4v) is 9.24. The fourth-order valence-electron chi connectivity index (χ4n) is 7.46. The molecule has 1 aliphatic carbocycles. The maximum absolute atomic E-state index is 14.6. The van der Waals surface area contributed by atoms with Gasteiger partial charge in [-0.2, -0.15) is 0 Å². The van der Waals surface area contributed by atoms with Gasteiger partial charge in [-0.05, 0) is 93.2 Å². The lowest BCUT2D eigenvalue weighted by Gasteiger charge is -2.56. The molecule has 5 atom stereocenters. The van der Waals surface area contributed by atoms with Crippen LogP contribution in [0.25, 0.3) is 6.08 Å². The van der Waals surface area contributed by atoms with E-state index in [1.165, 1.54) is 13.0 Å². The Bertz CT molecular complexity index is 1670. The Labute approximate surface area is 292 Å². The van der Waals surface area contributed by atoms with Gasteiger partial charge in [-0.15, -0.1) is 0 Å². The van der Waals surface area contributed by atoms with E-state index in [2.05, 4.69) is 0 Å². The third-order valence-corrected chi connectivity index (χ3v) is 12.1. The van der Waals surface area contributed by atoms with Gasteiger partial charge in [0.15, 0.2) is 30.6 Å². The van der Waals surface area contributed by atoms with Crippen LogP contribution < -0.4 is 9.47 Å². The van der Waals surface area contributed by atoms with Gasteiger partial charge in [0.25, 0.3) is 0 Å². The van der Waals surface area contributed by atoms with Crippen molar-refractivity contribution in [2.75, 3.05) is 0 Å². The van der Waals surface area contributed by atoms with Crippen molar-refractivity contribution >= 4 is 39.0 Å². The number of ether oxygens (including phenoxy) is 3. The summed E-state index contributed by atoms with van der Waals surface area (Å²) in [5.41, 5.74) is -1.86. The van der Waals surface area contributed by atoms with Crippen molar-refractivity contribution in [2.45, 2.75) is 126 Å². The molecule has 0 aromatic heterocycles. The molecule has 0 radical (unpaired) electrons. The van der Waals surface area contributed by atoms with E-state index in [0.29, 0.717) is 41.7 Å². The molecule has 1 saturated heterocycles. The molecule has 1 aromatic carbocycles. The molecule has 0 amide bonds. The van der Waals surface area contributed by atoms with E-state index in [-0.39, 0.29) is 53.6 Å². The average Bonchev–Trinajstić information content (AvgIpc) is 3.38. The first kappa shape index (κ1) is 36.4. The Hall–Kier alpha value is -2.87. The number of phenolic OH excluding ortho intramolecular Hbond substituents is 1. The Morgan fingerprint density at radius 3 is 2.44 bits per heavy atom. The molecule has 1 fully saturated rings. The van der Waals surface area contributed by atoms with Crippen LogP contribution in [0.3, 0.4) is 0 Å². The number of aliphatic hydroxyl groups excluding tert-OH is 1. The molecule has 1 spiro atoms. The Kier molecular flexibility index (Phi) is 9.46. The SMILES string of the molecule is CC(C)=CCc1c2c(c(O)c3c1O[C@@]14C[C@](C/C=C(/C)C(=O)O)(I=O)OC(C)(C)C1CC=C4C3=O)C=C[C@](C)(CCC(O)C(C)(C)O)O2. The highest BCUT2D eigenvalue weighted by molar-refractivity contribution is 14.1. The number of ketones is 1. The minimum atomic E-state index is -1.89. The summed E-state index contributed by atoms with van der Waals surface area (Å²) in [6, 6.07) is 0. The predicted molar refractivity (Wildman–Crippen MR) is 188 cm³/mol. The number of halogens is 1. The number of phenols is 1. The maximum atomic E-state index is 14.6. The molecular weight excluding hydrogens is 731 g/mol. The molecule has 5 rings (SSSR count). The summed E-state index contributed by atoms with van der Waals surface area (Å²) < 4.78 is 32.2. The van der Waals surface area contributed by atoms with Crippen molar-refractivity contribution in [2.24, 2.45) is 5.92 Å². The second-order valence-corrected chi connectivity index (χ2v) is 17.6. The van der Waals surface area contributed by atoms with E-state index in [1.807, 2.05) is 46.8 Å². The van der Waals surface area contributed by atoms with Crippen molar-refractivity contribution in [3.05, 3.63) is 57.7 Å². The highest BCUT2D eigenvalue weighted by atomic mass is 127. The Morgan fingerprint density at radius 2 is 1.83 bits per heavy atom. The molecule has 0 bridgehead atoms. The quantitative estimate of drug-likeness (QED) is 0.0855. The van der Waals surface area contributed by atoms with Gasteiger partial charge in [-0.3, -0.25) is 7.86 Å². The number of rotatable bonds is 10. The number of aliphatic hydroxyl groups is 2. The number of carboxylic acid groups (broad SMARTS) is 1. The molecule has 10 nitrogen and oxygen atoms in total. The molecule has 48 heavy (non-hydrogen) atoms. The molecule has 0 saturated carbocycles. The van der Waals surface area contributed by atoms with E-state index in [0.717, 1.165) is 5.57 Å². The third-order valence-electron chi connectivity index (χ3n) is 10.2. The molecule has 2 unspecified atom stereocenters. The zero-order valence-corrected chi connectivity index (χ0v) is 31.1. The zero-order valence-electron chi connectivity index (χ0n) is 28.9. The summed E-state index contributed by atoms with van der Waals surface area (Å²) in [4.78, 5) is 26.2. The molecule has 3 heterocycles. The van der Waals surface area contributed by atoms with Crippen molar-refractivity contribution in [3.63, 3.8) is 0 Å². The van der Waals surface area contributed by atoms with Crippen LogP contribution in [0.1, 0.15) is 109 Å². The van der Waals surface area contributed by atoms with Crippen LogP contribution in [-0.2, 0) is 19.0 Å². The summed E-state index contributed by atoms with van der Waals surface area (Å²) in [6.45, 7) is 14.1. The number of aliphatic carboxylic acids is 1. The first-order valence-electron chi connectivity index (χ1n) is 16.4. The van der Waals surface area contributed by atoms with Gasteiger partial charge in [0, 0.05) is 35.5 Å². The van der Waals surface area contributed by atoms with Gasteiger partial charge in [0.05, 0.1) is 22.9 Å². The van der Waals surface area contributed by atoms with Gasteiger partial charge < -0.3 is 34.6 Å². The summed E-state index contributed by atoms with van der Waals surface area (Å²) in [7, 11) is 0. The largest absolute Gasteiger partial charge is 0.506 e. The lowest BCUT2D eigenvalue weighted by Crippen LogP contribution is -2.64. The highest BCUT2D eigenvalue weighted by Crippen LogP contribution is 2.63. The number of carboxylic acids is 1. The van der Waals surface area contributed by atoms with Crippen LogP contribution in [0.5, 0.6) is 17.2 Å². The Balaban J connectivity index is 1.66. The van der Waals surface area contributed by atoms with E-state index >= 15 is 0 Å². The van der Waals surface area contributed by atoms with E-state index in [1.54, 1.807) is 26.0 Å². The highest BCUT2D eigenvalue weighted by Gasteiger charge is 2.67. The summed E-state index contributed by atoms with van der Waals surface area (Å²) >= 11 is -1.89. The maximum Gasteiger partial charge on any atom is 0.330 e. The average molecular weight is 779 g/mol. The minimum absolute atomic E-state index is 0.0473. The number of Topliss-reactive ketones (excluding diaryl/α,β-unsaturated/α-hetero) is 1. The smallest absolute Gasteiger partial charge is 0.330 e. The number of aromatic hydroxyl groups is 1. The van der Waals surface area contributed by atoms with E-state index < -0.39 is 59.3 Å². The fraction of sp³-hybridized carbons (Fsp3) is 0.568. The first-order chi connectivity index (χ1) is 22.2. The second-order valence-electron chi connectivity index (χ2n) is 15.2. The van der Waals surface area contributed by atoms with Crippen LogP contribution in [-0.4, -0.2) is 64.3 Å². The summed E-state index contributed by atoms with van der Waals surface area (Å²) in [6.07, 6.45) is 9.42. The molecule has 262 valence electrons. The second kappa shape index (κ2) is 12.5. The first-order valence-corrected chi connectivity index (χ1v) is 18.3. The molecular formula is C37H47IO10. The number of allylic oxidation sites excluding steroid dienone is 3.